The molecule has 2 fully saturated rings. The maximum atomic E-state index is 12.4. The van der Waals surface area contributed by atoms with Crippen LogP contribution in [0.2, 0.25) is 0 Å². The maximum Gasteiger partial charge on any atom is 0.433 e. The number of rotatable bonds is 2. The van der Waals surface area contributed by atoms with Crippen molar-refractivity contribution in [2.24, 2.45) is 8.73 Å². The van der Waals surface area contributed by atoms with E-state index in [0.29, 0.717) is 23.5 Å². The van der Waals surface area contributed by atoms with Crippen LogP contribution >= 0.6 is 0 Å². The number of nitrogens with zero attached hydrogens (tertiary/aromatic N) is 5. The Labute approximate surface area is 222 Å². The van der Waals surface area contributed by atoms with Crippen LogP contribution in [0.15, 0.2) is 45.4 Å². The van der Waals surface area contributed by atoms with Crippen molar-refractivity contribution in [3.05, 3.63) is 59.2 Å². The largest absolute Gasteiger partial charge is 0.433 e. The Kier molecular flexibility index (Phi) is 11.9. The number of pyridine rings is 2. The lowest BCUT2D eigenvalue weighted by Crippen LogP contribution is -2.09. The second-order valence-electron chi connectivity index (χ2n) is 8.27. The van der Waals surface area contributed by atoms with Gasteiger partial charge in [0.1, 0.15) is 11.4 Å². The summed E-state index contributed by atoms with van der Waals surface area (Å²) in [6, 6.07) is 4.87. The van der Waals surface area contributed by atoms with Gasteiger partial charge in [0.2, 0.25) is 6.19 Å². The highest BCUT2D eigenvalue weighted by Crippen LogP contribution is 2.33. The quantitative estimate of drug-likeness (QED) is 0.286. The fourth-order valence-electron chi connectivity index (χ4n) is 3.95. The van der Waals surface area contributed by atoms with Crippen LogP contribution in [-0.4, -0.2) is 44.2 Å². The van der Waals surface area contributed by atoms with E-state index < -0.39 is 33.5 Å². The summed E-state index contributed by atoms with van der Waals surface area (Å²) in [4.78, 5) is 6.87. The zero-order valence-corrected chi connectivity index (χ0v) is 20.7. The predicted molar refractivity (Wildman–Crippen MR) is 138 cm³/mol. The van der Waals surface area contributed by atoms with E-state index in [-0.39, 0.29) is 37.4 Å². The third-order valence-electron chi connectivity index (χ3n) is 5.94. The Bertz CT molecular complexity index is 1250. The summed E-state index contributed by atoms with van der Waals surface area (Å²) in [5.41, 5.74) is -0.266. The van der Waals surface area contributed by atoms with Gasteiger partial charge in [-0.15, -0.1) is 0 Å². The average molecular weight is 584 g/mol. The number of nitriles is 1. The van der Waals surface area contributed by atoms with E-state index in [2.05, 4.69) is 18.7 Å². The molecule has 0 radical (unpaired) electrons. The Morgan fingerprint density at radius 3 is 1.87 bits per heavy atom. The first-order valence-electron chi connectivity index (χ1n) is 10.8. The molecule has 2 aliphatic rings. The van der Waals surface area contributed by atoms with Crippen LogP contribution < -0.4 is 0 Å². The predicted octanol–water partition coefficient (Wildman–Crippen LogP) is 6.83. The van der Waals surface area contributed by atoms with Crippen LogP contribution in [0.3, 0.4) is 0 Å². The van der Waals surface area contributed by atoms with Crippen molar-refractivity contribution < 1.29 is 30.6 Å². The molecule has 14 heteroatoms. The second-order valence-corrected chi connectivity index (χ2v) is 12.8. The molecule has 2 aromatic rings. The minimum atomic E-state index is -4.42. The third-order valence-corrected chi connectivity index (χ3v) is 10.2. The van der Waals surface area contributed by atoms with Gasteiger partial charge in [-0.1, -0.05) is 37.7 Å². The molecule has 2 saturated heterocycles. The summed E-state index contributed by atoms with van der Waals surface area (Å²) in [6.45, 7) is 0. The van der Waals surface area contributed by atoms with Crippen LogP contribution in [0, 0.1) is 11.5 Å². The van der Waals surface area contributed by atoms with Crippen molar-refractivity contribution in [1.29, 1.82) is 5.26 Å². The van der Waals surface area contributed by atoms with Crippen molar-refractivity contribution in [3.8, 4) is 6.19 Å². The first-order valence-corrected chi connectivity index (χ1v) is 14.2. The van der Waals surface area contributed by atoms with Gasteiger partial charge in [0.05, 0.1) is 0 Å². The summed E-state index contributed by atoms with van der Waals surface area (Å²) < 4.78 is 93.8. The van der Waals surface area contributed by atoms with Gasteiger partial charge in [0, 0.05) is 52.2 Å². The smallest absolute Gasteiger partial charge is 0.251 e. The first kappa shape index (κ1) is 33.5. The standard InChI is InChI=1S/C11H10F3N3S.C11H13F3N2OS.2CH4/c12-11(13,14)10-2-1-8(5-16-10)9-3-4-18(6-9)17-7-15;1-15-18(17)5-4-9(7-18)8-2-3-10(16-6-8)11(12,13)14;;/h1-2,5,9H,3-4,6H2;2-3,6,9H,4-5,7H2,1H3;2*1H4. The molecule has 4 heterocycles. The zero-order valence-electron chi connectivity index (χ0n) is 19.1. The lowest BCUT2D eigenvalue weighted by atomic mass is 10.0. The van der Waals surface area contributed by atoms with Crippen LogP contribution in [0.5, 0.6) is 0 Å². The number of hydrogen-bond acceptors (Lipinski definition) is 6. The van der Waals surface area contributed by atoms with Gasteiger partial charge in [-0.05, 0) is 47.9 Å². The van der Waals surface area contributed by atoms with Crippen molar-refractivity contribution in [3.63, 3.8) is 0 Å². The van der Waals surface area contributed by atoms with Crippen molar-refractivity contribution in [2.45, 2.75) is 51.9 Å². The molecule has 2 aromatic heterocycles. The molecule has 0 aliphatic carbocycles. The van der Waals surface area contributed by atoms with Crippen molar-refractivity contribution in [1.82, 2.24) is 9.97 Å². The van der Waals surface area contributed by atoms with E-state index in [1.165, 1.54) is 31.6 Å². The molecule has 4 rings (SSSR count). The summed E-state index contributed by atoms with van der Waals surface area (Å²) in [5, 5.41) is 8.46. The summed E-state index contributed by atoms with van der Waals surface area (Å²) >= 11 is 0. The molecule has 2 aliphatic heterocycles. The van der Waals surface area contributed by atoms with Gasteiger partial charge in [-0.25, -0.2) is 8.57 Å². The fraction of sp³-hybridized carbons (Fsp3) is 0.542. The minimum absolute atomic E-state index is 0. The average Bonchev–Trinajstić information content (AvgIpc) is 3.46. The second kappa shape index (κ2) is 13.5. The van der Waals surface area contributed by atoms with Crippen LogP contribution in [-0.2, 0) is 32.8 Å². The van der Waals surface area contributed by atoms with E-state index >= 15 is 0 Å². The molecule has 212 valence electrons. The number of halogens is 6. The molecule has 38 heavy (non-hydrogen) atoms. The minimum Gasteiger partial charge on any atom is -0.251 e. The van der Waals surface area contributed by atoms with Crippen molar-refractivity contribution in [2.75, 3.05) is 30.1 Å². The van der Waals surface area contributed by atoms with Gasteiger partial charge in [0.25, 0.3) is 0 Å². The van der Waals surface area contributed by atoms with Crippen LogP contribution in [0.25, 0.3) is 0 Å². The van der Waals surface area contributed by atoms with E-state index in [1.807, 2.05) is 0 Å². The molecular formula is C24H31F6N5OS2. The lowest BCUT2D eigenvalue weighted by Gasteiger charge is -2.10. The molecular weight excluding hydrogens is 552 g/mol. The monoisotopic (exact) mass is 583 g/mol. The Morgan fingerprint density at radius 2 is 1.47 bits per heavy atom. The molecule has 0 saturated carbocycles. The normalized spacial score (nSPS) is 24.8. The van der Waals surface area contributed by atoms with Crippen LogP contribution in [0.4, 0.5) is 26.3 Å². The summed E-state index contributed by atoms with van der Waals surface area (Å²) in [6.07, 6.45) is -2.98. The topological polar surface area (TPSA) is 91.4 Å². The maximum absolute atomic E-state index is 12.4. The lowest BCUT2D eigenvalue weighted by molar-refractivity contribution is -0.142. The molecule has 0 N–H and O–H groups in total. The Hall–Kier alpha value is -2.53. The van der Waals surface area contributed by atoms with E-state index in [4.69, 9.17) is 5.26 Å². The molecule has 6 nitrogen and oxygen atoms in total. The van der Waals surface area contributed by atoms with Gasteiger partial charge >= 0.3 is 12.4 Å². The Morgan fingerprint density at radius 1 is 0.947 bits per heavy atom. The fourth-order valence-corrected chi connectivity index (χ4v) is 7.91. The number of hydrogen-bond donors (Lipinski definition) is 0. The molecule has 0 spiro atoms. The SMILES string of the molecule is C.C.CN=S1(=O)CCC(c2ccc(C(F)(F)F)nc2)C1.N#CN=S1CCC(c2ccc(C(F)(F)F)nc2)C1. The summed E-state index contributed by atoms with van der Waals surface area (Å²) in [5.74, 6) is 2.65. The van der Waals surface area contributed by atoms with Gasteiger partial charge in [-0.3, -0.25) is 9.97 Å². The van der Waals surface area contributed by atoms with Crippen molar-refractivity contribution >= 4 is 20.4 Å². The third kappa shape index (κ3) is 8.76. The highest BCUT2D eigenvalue weighted by molar-refractivity contribution is 7.93. The Balaban J connectivity index is 0.000000361. The molecule has 4 atom stereocenters. The van der Waals surface area contributed by atoms with E-state index in [1.54, 1.807) is 6.19 Å². The number of aromatic nitrogens is 2. The van der Waals surface area contributed by atoms with Gasteiger partial charge in [0.15, 0.2) is 0 Å². The first-order chi connectivity index (χ1) is 16.8. The van der Waals surface area contributed by atoms with Gasteiger partial charge < -0.3 is 0 Å². The molecule has 4 unspecified atom stereocenters. The van der Waals surface area contributed by atoms with Gasteiger partial charge in [-0.2, -0.15) is 36.0 Å². The van der Waals surface area contributed by atoms with E-state index in [0.717, 1.165) is 35.6 Å². The molecule has 0 amide bonds. The molecule has 0 bridgehead atoms. The zero-order chi connectivity index (χ0) is 26.6. The number of alkyl halides is 6. The summed E-state index contributed by atoms with van der Waals surface area (Å²) in [7, 11) is -0.895. The highest BCUT2D eigenvalue weighted by atomic mass is 32.2. The molecule has 0 aromatic carbocycles. The van der Waals surface area contributed by atoms with Crippen LogP contribution in [0.1, 0.15) is 62.0 Å². The highest BCUT2D eigenvalue weighted by Gasteiger charge is 2.34. The van der Waals surface area contributed by atoms with E-state index in [9.17, 15) is 30.6 Å².